The summed E-state index contributed by atoms with van der Waals surface area (Å²) in [6, 6.07) is 0. The van der Waals surface area contributed by atoms with Crippen molar-refractivity contribution in [3.8, 4) is 0 Å². The normalized spacial score (nSPS) is 18.9. The van der Waals surface area contributed by atoms with Gasteiger partial charge in [-0.2, -0.15) is 0 Å². The van der Waals surface area contributed by atoms with Gasteiger partial charge < -0.3 is 5.32 Å². The molecule has 0 saturated heterocycles. The molecule has 1 atom stereocenters. The maximum atomic E-state index is 3.46. The van der Waals surface area contributed by atoms with Gasteiger partial charge in [0.25, 0.3) is 0 Å². The van der Waals surface area contributed by atoms with Gasteiger partial charge in [0.05, 0.1) is 0 Å². The molecule has 1 unspecified atom stereocenters. The Labute approximate surface area is 76.2 Å². The fourth-order valence-corrected chi connectivity index (χ4v) is 1.42. The number of allylic oxidation sites excluding steroid dienone is 1. The molecule has 1 nitrogen and oxygen atoms in total. The number of nitrogens with one attached hydrogen (secondary N) is 1. The van der Waals surface area contributed by atoms with E-state index in [0.717, 1.165) is 18.4 Å². The fraction of sp³-hybridized carbons (Fsp3) is 0.818. The lowest BCUT2D eigenvalue weighted by Gasteiger charge is -2.09. The zero-order chi connectivity index (χ0) is 8.97. The van der Waals surface area contributed by atoms with Gasteiger partial charge in [-0.05, 0) is 45.1 Å². The Bertz CT molecular complexity index is 152. The van der Waals surface area contributed by atoms with E-state index in [1.165, 1.54) is 25.0 Å². The Balaban J connectivity index is 1.97. The first-order valence-electron chi connectivity index (χ1n) is 5.04. The highest BCUT2D eigenvalue weighted by molar-refractivity contribution is 4.94. The first-order valence-corrected chi connectivity index (χ1v) is 5.04. The molecule has 1 N–H and O–H groups in total. The standard InChI is InChI=1S/C11H21N/c1-9(2)6-7-12-8-10(3)11-4-5-11/h6,10-12H,4-5,7-8H2,1-3H3. The molecule has 1 aliphatic carbocycles. The van der Waals surface area contributed by atoms with Gasteiger partial charge in [-0.15, -0.1) is 0 Å². The highest BCUT2D eigenvalue weighted by Gasteiger charge is 2.26. The van der Waals surface area contributed by atoms with Crippen LogP contribution in [0, 0.1) is 11.8 Å². The van der Waals surface area contributed by atoms with Gasteiger partial charge in [-0.3, -0.25) is 0 Å². The quantitative estimate of drug-likeness (QED) is 0.490. The maximum absolute atomic E-state index is 3.46. The Morgan fingerprint density at radius 2 is 2.17 bits per heavy atom. The van der Waals surface area contributed by atoms with Crippen LogP contribution in [0.25, 0.3) is 0 Å². The lowest BCUT2D eigenvalue weighted by atomic mass is 10.1. The summed E-state index contributed by atoms with van der Waals surface area (Å²) >= 11 is 0. The molecule has 1 rings (SSSR count). The van der Waals surface area contributed by atoms with E-state index in [4.69, 9.17) is 0 Å². The maximum Gasteiger partial charge on any atom is 0.0137 e. The second-order valence-electron chi connectivity index (χ2n) is 4.25. The van der Waals surface area contributed by atoms with Crippen LogP contribution >= 0.6 is 0 Å². The number of hydrogen-bond acceptors (Lipinski definition) is 1. The molecule has 0 aromatic rings. The molecule has 0 spiro atoms. The molecule has 0 amide bonds. The molecule has 1 heteroatoms. The van der Waals surface area contributed by atoms with Crippen LogP contribution in [0.1, 0.15) is 33.6 Å². The van der Waals surface area contributed by atoms with Crippen molar-refractivity contribution in [2.24, 2.45) is 11.8 Å². The van der Waals surface area contributed by atoms with Gasteiger partial charge in [0.1, 0.15) is 0 Å². The average molecular weight is 167 g/mol. The molecular formula is C11H21N. The molecule has 1 fully saturated rings. The van der Waals surface area contributed by atoms with Gasteiger partial charge in [0.2, 0.25) is 0 Å². The summed E-state index contributed by atoms with van der Waals surface area (Å²) in [6.07, 6.45) is 5.18. The van der Waals surface area contributed by atoms with Crippen molar-refractivity contribution in [1.29, 1.82) is 0 Å². The summed E-state index contributed by atoms with van der Waals surface area (Å²) < 4.78 is 0. The predicted octanol–water partition coefficient (Wildman–Crippen LogP) is 2.59. The molecule has 0 aromatic heterocycles. The third-order valence-corrected chi connectivity index (χ3v) is 2.55. The average Bonchev–Trinajstić information content (AvgIpc) is 2.79. The van der Waals surface area contributed by atoms with Crippen molar-refractivity contribution in [2.75, 3.05) is 13.1 Å². The first-order chi connectivity index (χ1) is 5.70. The zero-order valence-corrected chi connectivity index (χ0v) is 8.56. The minimum atomic E-state index is 0.885. The predicted molar refractivity (Wildman–Crippen MR) is 54.2 cm³/mol. The van der Waals surface area contributed by atoms with Crippen LogP contribution in [-0.2, 0) is 0 Å². The minimum Gasteiger partial charge on any atom is -0.313 e. The van der Waals surface area contributed by atoms with Crippen LogP contribution in [0.4, 0.5) is 0 Å². The number of rotatable bonds is 5. The summed E-state index contributed by atoms with van der Waals surface area (Å²) in [6.45, 7) is 8.87. The van der Waals surface area contributed by atoms with E-state index < -0.39 is 0 Å². The largest absolute Gasteiger partial charge is 0.313 e. The summed E-state index contributed by atoms with van der Waals surface area (Å²) in [7, 11) is 0. The Morgan fingerprint density at radius 1 is 1.50 bits per heavy atom. The Hall–Kier alpha value is -0.300. The van der Waals surface area contributed by atoms with Crippen molar-refractivity contribution < 1.29 is 0 Å². The van der Waals surface area contributed by atoms with Crippen LogP contribution in [0.3, 0.4) is 0 Å². The van der Waals surface area contributed by atoms with Crippen LogP contribution in [0.5, 0.6) is 0 Å². The molecule has 70 valence electrons. The molecule has 0 radical (unpaired) electrons. The van der Waals surface area contributed by atoms with Gasteiger partial charge in [0, 0.05) is 6.54 Å². The fourth-order valence-electron chi connectivity index (χ4n) is 1.42. The molecule has 1 saturated carbocycles. The molecule has 0 aromatic carbocycles. The van der Waals surface area contributed by atoms with Crippen molar-refractivity contribution in [1.82, 2.24) is 5.32 Å². The van der Waals surface area contributed by atoms with E-state index in [9.17, 15) is 0 Å². The monoisotopic (exact) mass is 167 g/mol. The third kappa shape index (κ3) is 3.91. The first kappa shape index (κ1) is 9.79. The second kappa shape index (κ2) is 4.66. The second-order valence-corrected chi connectivity index (χ2v) is 4.25. The Morgan fingerprint density at radius 3 is 2.67 bits per heavy atom. The SMILES string of the molecule is CC(C)=CCNCC(C)C1CC1. The van der Waals surface area contributed by atoms with E-state index in [2.05, 4.69) is 32.2 Å². The smallest absolute Gasteiger partial charge is 0.0137 e. The van der Waals surface area contributed by atoms with E-state index >= 15 is 0 Å². The molecule has 0 heterocycles. The molecular weight excluding hydrogens is 146 g/mol. The number of hydrogen-bond donors (Lipinski definition) is 1. The minimum absolute atomic E-state index is 0.885. The van der Waals surface area contributed by atoms with E-state index in [1.807, 2.05) is 0 Å². The lowest BCUT2D eigenvalue weighted by Crippen LogP contribution is -2.22. The van der Waals surface area contributed by atoms with E-state index in [0.29, 0.717) is 0 Å². The van der Waals surface area contributed by atoms with Crippen molar-refractivity contribution in [2.45, 2.75) is 33.6 Å². The van der Waals surface area contributed by atoms with Crippen molar-refractivity contribution in [3.63, 3.8) is 0 Å². The van der Waals surface area contributed by atoms with E-state index in [1.54, 1.807) is 0 Å². The van der Waals surface area contributed by atoms with Crippen LogP contribution in [0.2, 0.25) is 0 Å². The van der Waals surface area contributed by atoms with Crippen molar-refractivity contribution in [3.05, 3.63) is 11.6 Å². The van der Waals surface area contributed by atoms with Gasteiger partial charge in [-0.25, -0.2) is 0 Å². The van der Waals surface area contributed by atoms with Crippen molar-refractivity contribution >= 4 is 0 Å². The highest BCUT2D eigenvalue weighted by Crippen LogP contribution is 2.35. The van der Waals surface area contributed by atoms with Gasteiger partial charge >= 0.3 is 0 Å². The molecule has 0 bridgehead atoms. The van der Waals surface area contributed by atoms with Crippen LogP contribution in [-0.4, -0.2) is 13.1 Å². The van der Waals surface area contributed by atoms with E-state index in [-0.39, 0.29) is 0 Å². The summed E-state index contributed by atoms with van der Waals surface area (Å²) in [5.41, 5.74) is 1.40. The summed E-state index contributed by atoms with van der Waals surface area (Å²) in [5, 5.41) is 3.46. The molecule has 12 heavy (non-hydrogen) atoms. The zero-order valence-electron chi connectivity index (χ0n) is 8.56. The topological polar surface area (TPSA) is 12.0 Å². The summed E-state index contributed by atoms with van der Waals surface area (Å²) in [5.74, 6) is 1.92. The van der Waals surface area contributed by atoms with Crippen LogP contribution < -0.4 is 5.32 Å². The summed E-state index contributed by atoms with van der Waals surface area (Å²) in [4.78, 5) is 0. The highest BCUT2D eigenvalue weighted by atomic mass is 14.8. The van der Waals surface area contributed by atoms with Crippen LogP contribution in [0.15, 0.2) is 11.6 Å². The molecule has 1 aliphatic rings. The third-order valence-electron chi connectivity index (χ3n) is 2.55. The Kier molecular flexibility index (Phi) is 3.80. The van der Waals surface area contributed by atoms with Gasteiger partial charge in [0.15, 0.2) is 0 Å². The lowest BCUT2D eigenvalue weighted by molar-refractivity contribution is 0.474. The molecule has 0 aliphatic heterocycles. The van der Waals surface area contributed by atoms with Gasteiger partial charge in [-0.1, -0.05) is 18.6 Å².